The number of nitrogens with zero attached hydrogens (tertiary/aromatic N) is 1. The second-order valence-electron chi connectivity index (χ2n) is 5.40. The molecule has 6 heteroatoms. The first kappa shape index (κ1) is 16.7. The number of aryl methyl sites for hydroxylation is 2. The van der Waals surface area contributed by atoms with E-state index in [4.69, 9.17) is 0 Å². The molecule has 1 aromatic heterocycles. The summed E-state index contributed by atoms with van der Waals surface area (Å²) in [6.07, 6.45) is 4.89. The Labute approximate surface area is 134 Å². The lowest BCUT2D eigenvalue weighted by atomic mass is 10.1. The third-order valence-corrected chi connectivity index (χ3v) is 3.53. The molecular formula is C17H21N3O3. The van der Waals surface area contributed by atoms with Crippen molar-refractivity contribution in [2.24, 2.45) is 0 Å². The SMILES string of the molecule is CCCCc1ccc(NC(=O)CCn2ccc(=O)[nH]c2=O)cc1. The number of hydrogen-bond donors (Lipinski definition) is 2. The first-order valence-electron chi connectivity index (χ1n) is 7.77. The maximum Gasteiger partial charge on any atom is 0.328 e. The van der Waals surface area contributed by atoms with Crippen LogP contribution in [0.25, 0.3) is 0 Å². The Bertz CT molecular complexity index is 760. The molecule has 1 aromatic carbocycles. The van der Waals surface area contributed by atoms with Gasteiger partial charge in [0.1, 0.15) is 0 Å². The Balaban J connectivity index is 1.87. The van der Waals surface area contributed by atoms with E-state index in [1.807, 2.05) is 24.3 Å². The van der Waals surface area contributed by atoms with Crippen LogP contribution in [0.4, 0.5) is 5.69 Å². The van der Waals surface area contributed by atoms with Crippen molar-refractivity contribution in [2.45, 2.75) is 39.2 Å². The van der Waals surface area contributed by atoms with Crippen molar-refractivity contribution in [3.8, 4) is 0 Å². The number of rotatable bonds is 7. The smallest absolute Gasteiger partial charge is 0.326 e. The molecule has 0 saturated carbocycles. The zero-order chi connectivity index (χ0) is 16.7. The highest BCUT2D eigenvalue weighted by Crippen LogP contribution is 2.12. The molecule has 2 aromatic rings. The molecule has 6 nitrogen and oxygen atoms in total. The molecule has 122 valence electrons. The van der Waals surface area contributed by atoms with E-state index < -0.39 is 11.2 Å². The molecule has 2 N–H and O–H groups in total. The fourth-order valence-electron chi connectivity index (χ4n) is 2.20. The maximum absolute atomic E-state index is 11.9. The quantitative estimate of drug-likeness (QED) is 0.818. The van der Waals surface area contributed by atoms with Gasteiger partial charge >= 0.3 is 5.69 Å². The number of hydrogen-bond acceptors (Lipinski definition) is 3. The molecule has 0 fully saturated rings. The standard InChI is InChI=1S/C17H21N3O3/c1-2-3-4-13-5-7-14(8-6-13)18-15(21)9-11-20-12-10-16(22)19-17(20)23/h5-8,10,12H,2-4,9,11H2,1H3,(H,18,21)(H,19,22,23). The molecular weight excluding hydrogens is 294 g/mol. The van der Waals surface area contributed by atoms with Crippen LogP contribution >= 0.6 is 0 Å². The molecule has 0 aliphatic heterocycles. The van der Waals surface area contributed by atoms with Gasteiger partial charge in [0, 0.05) is 30.9 Å². The van der Waals surface area contributed by atoms with Crippen molar-refractivity contribution < 1.29 is 4.79 Å². The molecule has 0 radical (unpaired) electrons. The van der Waals surface area contributed by atoms with Gasteiger partial charge in [0.25, 0.3) is 5.56 Å². The average molecular weight is 315 g/mol. The van der Waals surface area contributed by atoms with Crippen LogP contribution in [0.1, 0.15) is 31.7 Å². The highest BCUT2D eigenvalue weighted by atomic mass is 16.2. The van der Waals surface area contributed by atoms with Crippen LogP contribution < -0.4 is 16.6 Å². The third kappa shape index (κ3) is 5.25. The highest BCUT2D eigenvalue weighted by molar-refractivity contribution is 5.90. The van der Waals surface area contributed by atoms with Gasteiger partial charge in [0.05, 0.1) is 0 Å². The number of amides is 1. The third-order valence-electron chi connectivity index (χ3n) is 3.53. The van der Waals surface area contributed by atoms with Crippen LogP contribution in [-0.2, 0) is 17.8 Å². The summed E-state index contributed by atoms with van der Waals surface area (Å²) >= 11 is 0. The molecule has 0 aliphatic carbocycles. The van der Waals surface area contributed by atoms with E-state index in [2.05, 4.69) is 17.2 Å². The summed E-state index contributed by atoms with van der Waals surface area (Å²) in [6, 6.07) is 9.05. The van der Waals surface area contributed by atoms with Gasteiger partial charge in [0.2, 0.25) is 5.91 Å². The van der Waals surface area contributed by atoms with Gasteiger partial charge in [-0.3, -0.25) is 14.6 Å². The van der Waals surface area contributed by atoms with E-state index >= 15 is 0 Å². The monoisotopic (exact) mass is 315 g/mol. The lowest BCUT2D eigenvalue weighted by molar-refractivity contribution is -0.116. The number of nitrogens with one attached hydrogen (secondary N) is 2. The molecule has 2 rings (SSSR count). The van der Waals surface area contributed by atoms with E-state index in [9.17, 15) is 14.4 Å². The highest BCUT2D eigenvalue weighted by Gasteiger charge is 2.04. The van der Waals surface area contributed by atoms with Crippen molar-refractivity contribution >= 4 is 11.6 Å². The van der Waals surface area contributed by atoms with Crippen LogP contribution in [0, 0.1) is 0 Å². The zero-order valence-corrected chi connectivity index (χ0v) is 13.2. The van der Waals surface area contributed by atoms with Gasteiger partial charge < -0.3 is 9.88 Å². The Morgan fingerprint density at radius 3 is 2.57 bits per heavy atom. The number of H-pyrrole nitrogens is 1. The summed E-state index contributed by atoms with van der Waals surface area (Å²) < 4.78 is 1.30. The van der Waals surface area contributed by atoms with Crippen LogP contribution in [-0.4, -0.2) is 15.5 Å². The fourth-order valence-corrected chi connectivity index (χ4v) is 2.20. The van der Waals surface area contributed by atoms with Crippen molar-refractivity contribution in [2.75, 3.05) is 5.32 Å². The Hall–Kier alpha value is -2.63. The fraction of sp³-hybridized carbons (Fsp3) is 0.353. The predicted octanol–water partition coefficient (Wildman–Crippen LogP) is 1.91. The van der Waals surface area contributed by atoms with Gasteiger partial charge in [-0.15, -0.1) is 0 Å². The molecule has 0 saturated heterocycles. The number of anilines is 1. The van der Waals surface area contributed by atoms with Gasteiger partial charge in [-0.2, -0.15) is 0 Å². The lowest BCUT2D eigenvalue weighted by Gasteiger charge is -2.07. The molecule has 23 heavy (non-hydrogen) atoms. The molecule has 0 unspecified atom stereocenters. The molecule has 1 heterocycles. The van der Waals surface area contributed by atoms with Gasteiger partial charge in [-0.1, -0.05) is 25.5 Å². The van der Waals surface area contributed by atoms with Crippen molar-refractivity contribution in [3.05, 3.63) is 62.9 Å². The molecule has 0 aliphatic rings. The normalized spacial score (nSPS) is 10.5. The average Bonchev–Trinajstić information content (AvgIpc) is 2.53. The Morgan fingerprint density at radius 2 is 1.91 bits per heavy atom. The van der Waals surface area contributed by atoms with Crippen LogP contribution in [0.3, 0.4) is 0 Å². The largest absolute Gasteiger partial charge is 0.328 e. The van der Waals surface area contributed by atoms with Crippen LogP contribution in [0.2, 0.25) is 0 Å². The number of carbonyl (C=O) groups excluding carboxylic acids is 1. The van der Waals surface area contributed by atoms with Crippen molar-refractivity contribution in [3.63, 3.8) is 0 Å². The molecule has 0 spiro atoms. The minimum Gasteiger partial charge on any atom is -0.326 e. The first-order valence-corrected chi connectivity index (χ1v) is 7.77. The van der Waals surface area contributed by atoms with E-state index in [1.165, 1.54) is 22.4 Å². The molecule has 0 atom stereocenters. The number of aromatic nitrogens is 2. The van der Waals surface area contributed by atoms with Crippen LogP contribution in [0.5, 0.6) is 0 Å². The summed E-state index contributed by atoms with van der Waals surface area (Å²) in [5.74, 6) is -0.176. The van der Waals surface area contributed by atoms with Crippen molar-refractivity contribution in [1.29, 1.82) is 0 Å². The second kappa shape index (κ2) is 8.12. The summed E-state index contributed by atoms with van der Waals surface area (Å²) in [5.41, 5.74) is 1.04. The van der Waals surface area contributed by atoms with Gasteiger partial charge in [-0.05, 0) is 30.5 Å². The minimum absolute atomic E-state index is 0.156. The summed E-state index contributed by atoms with van der Waals surface area (Å²) in [5, 5.41) is 2.80. The number of aromatic amines is 1. The predicted molar refractivity (Wildman–Crippen MR) is 89.6 cm³/mol. The Morgan fingerprint density at radius 1 is 1.17 bits per heavy atom. The van der Waals surface area contributed by atoms with Crippen LogP contribution in [0.15, 0.2) is 46.1 Å². The van der Waals surface area contributed by atoms with Gasteiger partial charge in [0.15, 0.2) is 0 Å². The maximum atomic E-state index is 11.9. The van der Waals surface area contributed by atoms with Gasteiger partial charge in [-0.25, -0.2) is 4.79 Å². The second-order valence-corrected chi connectivity index (χ2v) is 5.40. The summed E-state index contributed by atoms with van der Waals surface area (Å²) in [4.78, 5) is 36.6. The first-order chi connectivity index (χ1) is 11.1. The molecule has 1 amide bonds. The number of carbonyl (C=O) groups is 1. The number of benzene rings is 1. The summed E-state index contributed by atoms with van der Waals surface area (Å²) in [6.45, 7) is 2.37. The van der Waals surface area contributed by atoms with E-state index in [-0.39, 0.29) is 18.9 Å². The molecule has 0 bridgehead atoms. The van der Waals surface area contributed by atoms with Crippen molar-refractivity contribution in [1.82, 2.24) is 9.55 Å². The zero-order valence-electron chi connectivity index (χ0n) is 13.2. The van der Waals surface area contributed by atoms with E-state index in [0.29, 0.717) is 0 Å². The van der Waals surface area contributed by atoms with E-state index in [0.717, 1.165) is 24.9 Å². The summed E-state index contributed by atoms with van der Waals surface area (Å²) in [7, 11) is 0. The number of unbranched alkanes of at least 4 members (excludes halogenated alkanes) is 1. The Kier molecular flexibility index (Phi) is 5.91. The lowest BCUT2D eigenvalue weighted by Crippen LogP contribution is -2.29. The topological polar surface area (TPSA) is 84.0 Å². The van der Waals surface area contributed by atoms with E-state index in [1.54, 1.807) is 0 Å². The minimum atomic E-state index is -0.509.